The number of piperidine rings is 1. The number of halogens is 1. The molecule has 0 radical (unpaired) electrons. The van der Waals surface area contributed by atoms with Crippen LogP contribution in [-0.2, 0) is 4.79 Å². The molecule has 14 heavy (non-hydrogen) atoms. The van der Waals surface area contributed by atoms with Crippen LogP contribution in [0.1, 0.15) is 32.6 Å². The number of rotatable bonds is 1. The maximum absolute atomic E-state index is 10.8. The smallest absolute Gasteiger partial charge is 0.125 e. The van der Waals surface area contributed by atoms with Gasteiger partial charge in [0.25, 0.3) is 0 Å². The third-order valence-electron chi connectivity index (χ3n) is 3.74. The van der Waals surface area contributed by atoms with Gasteiger partial charge in [0.05, 0.1) is 5.50 Å². The average Bonchev–Trinajstić information content (AvgIpc) is 2.17. The standard InChI is InChI=1S/C11H18ClNO/c1-7-2-3-10-8(4-7)5-9(6-14)11(12)13-10/h6-11,13H,2-5H2,1H3. The molecule has 3 heteroatoms. The van der Waals surface area contributed by atoms with E-state index in [9.17, 15) is 4.79 Å². The molecule has 1 aliphatic heterocycles. The third kappa shape index (κ3) is 1.96. The molecule has 1 saturated heterocycles. The molecule has 0 aromatic carbocycles. The van der Waals surface area contributed by atoms with E-state index in [2.05, 4.69) is 12.2 Å². The largest absolute Gasteiger partial charge is 0.303 e. The van der Waals surface area contributed by atoms with Gasteiger partial charge in [-0.15, -0.1) is 11.6 Å². The van der Waals surface area contributed by atoms with Gasteiger partial charge in [0, 0.05) is 12.0 Å². The van der Waals surface area contributed by atoms with E-state index in [0.717, 1.165) is 18.6 Å². The number of hydrogen-bond acceptors (Lipinski definition) is 2. The summed E-state index contributed by atoms with van der Waals surface area (Å²) in [4.78, 5) is 10.8. The van der Waals surface area contributed by atoms with Crippen molar-refractivity contribution in [3.8, 4) is 0 Å². The average molecular weight is 216 g/mol. The summed E-state index contributed by atoms with van der Waals surface area (Å²) in [6, 6.07) is 0.560. The molecule has 0 aromatic heterocycles. The molecule has 1 N–H and O–H groups in total. The molecular weight excluding hydrogens is 198 g/mol. The minimum atomic E-state index is -0.137. The predicted octanol–water partition coefficient (Wildman–Crippen LogP) is 2.16. The number of hydrogen-bond donors (Lipinski definition) is 1. The summed E-state index contributed by atoms with van der Waals surface area (Å²) in [6.07, 6.45) is 5.77. The first-order valence-corrected chi connectivity index (χ1v) is 5.99. The van der Waals surface area contributed by atoms with E-state index in [1.54, 1.807) is 0 Å². The van der Waals surface area contributed by atoms with E-state index in [0.29, 0.717) is 12.0 Å². The van der Waals surface area contributed by atoms with Gasteiger partial charge in [-0.25, -0.2) is 0 Å². The van der Waals surface area contributed by atoms with E-state index in [1.807, 2.05) is 0 Å². The van der Waals surface area contributed by atoms with Gasteiger partial charge in [0.1, 0.15) is 6.29 Å². The topological polar surface area (TPSA) is 29.1 Å². The second-order valence-corrected chi connectivity index (χ2v) is 5.36. The molecular formula is C11H18ClNO. The molecule has 1 aliphatic carbocycles. The van der Waals surface area contributed by atoms with E-state index in [-0.39, 0.29) is 11.4 Å². The van der Waals surface area contributed by atoms with Crippen LogP contribution in [0.3, 0.4) is 0 Å². The van der Waals surface area contributed by atoms with Crippen molar-refractivity contribution in [2.75, 3.05) is 0 Å². The number of fused-ring (bicyclic) bond motifs is 1. The highest BCUT2D eigenvalue weighted by molar-refractivity contribution is 6.21. The van der Waals surface area contributed by atoms with Crippen molar-refractivity contribution in [2.24, 2.45) is 17.8 Å². The Bertz CT molecular complexity index is 221. The highest BCUT2D eigenvalue weighted by atomic mass is 35.5. The second kappa shape index (κ2) is 4.19. The van der Waals surface area contributed by atoms with Gasteiger partial charge >= 0.3 is 0 Å². The zero-order chi connectivity index (χ0) is 10.1. The van der Waals surface area contributed by atoms with Crippen LogP contribution in [0.25, 0.3) is 0 Å². The molecule has 5 atom stereocenters. The van der Waals surface area contributed by atoms with Gasteiger partial charge in [-0.05, 0) is 37.5 Å². The quantitative estimate of drug-likeness (QED) is 0.413. The van der Waals surface area contributed by atoms with E-state index < -0.39 is 0 Å². The van der Waals surface area contributed by atoms with Crippen molar-refractivity contribution < 1.29 is 4.79 Å². The zero-order valence-corrected chi connectivity index (χ0v) is 9.33. The van der Waals surface area contributed by atoms with Crippen LogP contribution in [0.15, 0.2) is 0 Å². The van der Waals surface area contributed by atoms with Gasteiger partial charge in [0.2, 0.25) is 0 Å². The maximum Gasteiger partial charge on any atom is 0.125 e. The SMILES string of the molecule is CC1CCC2NC(Cl)C(C=O)CC2C1. The summed E-state index contributed by atoms with van der Waals surface area (Å²) in [5.74, 6) is 1.50. The molecule has 2 nitrogen and oxygen atoms in total. The number of carbonyl (C=O) groups is 1. The Hall–Kier alpha value is -0.0800. The van der Waals surface area contributed by atoms with Crippen LogP contribution in [-0.4, -0.2) is 17.8 Å². The Labute approximate surface area is 90.4 Å². The first-order chi connectivity index (χ1) is 6.70. The second-order valence-electron chi connectivity index (χ2n) is 4.89. The lowest BCUT2D eigenvalue weighted by Gasteiger charge is -2.43. The lowest BCUT2D eigenvalue weighted by Crippen LogP contribution is -2.52. The lowest BCUT2D eigenvalue weighted by molar-refractivity contribution is -0.113. The van der Waals surface area contributed by atoms with Crippen molar-refractivity contribution in [3.05, 3.63) is 0 Å². The summed E-state index contributed by atoms with van der Waals surface area (Å²) < 4.78 is 0. The summed E-state index contributed by atoms with van der Waals surface area (Å²) in [5, 5.41) is 3.37. The van der Waals surface area contributed by atoms with Crippen LogP contribution < -0.4 is 5.32 Å². The molecule has 2 rings (SSSR count). The monoisotopic (exact) mass is 215 g/mol. The highest BCUT2D eigenvalue weighted by Crippen LogP contribution is 2.37. The fraction of sp³-hybridized carbons (Fsp3) is 0.909. The Morgan fingerprint density at radius 2 is 2.14 bits per heavy atom. The van der Waals surface area contributed by atoms with Crippen LogP contribution in [0, 0.1) is 17.8 Å². The van der Waals surface area contributed by atoms with Gasteiger partial charge in [0.15, 0.2) is 0 Å². The molecule has 0 amide bonds. The summed E-state index contributed by atoms with van der Waals surface area (Å²) in [5.41, 5.74) is -0.137. The van der Waals surface area contributed by atoms with Crippen molar-refractivity contribution in [3.63, 3.8) is 0 Å². The predicted molar refractivity (Wildman–Crippen MR) is 57.2 cm³/mol. The maximum atomic E-state index is 10.8. The van der Waals surface area contributed by atoms with Gasteiger partial charge in [-0.2, -0.15) is 0 Å². The van der Waals surface area contributed by atoms with Crippen LogP contribution >= 0.6 is 11.6 Å². The first kappa shape index (κ1) is 10.4. The fourth-order valence-corrected chi connectivity index (χ4v) is 3.22. The fourth-order valence-electron chi connectivity index (χ4n) is 2.90. The normalized spacial score (nSPS) is 48.3. The van der Waals surface area contributed by atoms with Gasteiger partial charge in [-0.1, -0.05) is 6.92 Å². The number of carbonyl (C=O) groups excluding carboxylic acids is 1. The van der Waals surface area contributed by atoms with E-state index in [1.165, 1.54) is 19.3 Å². The molecule has 80 valence electrons. The third-order valence-corrected chi connectivity index (χ3v) is 4.19. The molecule has 2 aliphatic rings. The Morgan fingerprint density at radius 1 is 1.36 bits per heavy atom. The molecule has 0 spiro atoms. The molecule has 0 aromatic rings. The van der Waals surface area contributed by atoms with Crippen molar-refractivity contribution in [1.82, 2.24) is 5.32 Å². The van der Waals surface area contributed by atoms with Gasteiger partial charge < -0.3 is 4.79 Å². The van der Waals surface area contributed by atoms with Crippen molar-refractivity contribution in [2.45, 2.75) is 44.1 Å². The molecule has 1 saturated carbocycles. The van der Waals surface area contributed by atoms with Crippen molar-refractivity contribution >= 4 is 17.9 Å². The van der Waals surface area contributed by atoms with Crippen LogP contribution in [0.4, 0.5) is 0 Å². The van der Waals surface area contributed by atoms with Crippen molar-refractivity contribution in [1.29, 1.82) is 0 Å². The van der Waals surface area contributed by atoms with Crippen LogP contribution in [0.5, 0.6) is 0 Å². The number of alkyl halides is 1. The number of nitrogens with one attached hydrogen (secondary N) is 1. The molecule has 1 heterocycles. The number of aldehydes is 1. The van der Waals surface area contributed by atoms with E-state index >= 15 is 0 Å². The van der Waals surface area contributed by atoms with Crippen LogP contribution in [0.2, 0.25) is 0 Å². The molecule has 2 fully saturated rings. The Morgan fingerprint density at radius 3 is 2.86 bits per heavy atom. The first-order valence-electron chi connectivity index (χ1n) is 5.56. The molecule has 0 bridgehead atoms. The lowest BCUT2D eigenvalue weighted by atomic mass is 9.73. The van der Waals surface area contributed by atoms with E-state index in [4.69, 9.17) is 11.6 Å². The highest BCUT2D eigenvalue weighted by Gasteiger charge is 2.38. The molecule has 5 unspecified atom stereocenters. The van der Waals surface area contributed by atoms with Gasteiger partial charge in [-0.3, -0.25) is 5.32 Å². The zero-order valence-electron chi connectivity index (χ0n) is 8.58. The minimum absolute atomic E-state index is 0.0169. The Kier molecular flexibility index (Phi) is 3.13. The summed E-state index contributed by atoms with van der Waals surface area (Å²) in [6.45, 7) is 2.30. The summed E-state index contributed by atoms with van der Waals surface area (Å²) >= 11 is 6.10. The Balaban J connectivity index is 2.01. The summed E-state index contributed by atoms with van der Waals surface area (Å²) in [7, 11) is 0. The minimum Gasteiger partial charge on any atom is -0.303 e.